The van der Waals surface area contributed by atoms with Crippen LogP contribution in [-0.2, 0) is 10.3 Å². The molecule has 0 saturated carbocycles. The van der Waals surface area contributed by atoms with Crippen LogP contribution in [-0.4, -0.2) is 35.2 Å². The number of aryl methyl sites for hydroxylation is 1. The number of rotatable bonds is 6. The van der Waals surface area contributed by atoms with Crippen LogP contribution < -0.4 is 4.74 Å². The Morgan fingerprint density at radius 1 is 1.38 bits per heavy atom. The summed E-state index contributed by atoms with van der Waals surface area (Å²) < 4.78 is 11.1. The molecule has 0 aliphatic carbocycles. The molecule has 4 rings (SSSR count). The fourth-order valence-electron chi connectivity index (χ4n) is 2.77. The van der Waals surface area contributed by atoms with E-state index in [0.29, 0.717) is 6.61 Å². The minimum atomic E-state index is -0.312. The van der Waals surface area contributed by atoms with E-state index in [-0.39, 0.29) is 12.8 Å². The molecule has 2 aromatic heterocycles. The summed E-state index contributed by atoms with van der Waals surface area (Å²) in [7, 11) is 1.65. The average molecular weight is 389 g/mol. The van der Waals surface area contributed by atoms with Crippen molar-refractivity contribution in [3.8, 4) is 5.75 Å². The first kappa shape index (κ1) is 17.5. The lowest BCUT2D eigenvalue weighted by atomic mass is 10.1. The molecule has 0 spiro atoms. The summed E-state index contributed by atoms with van der Waals surface area (Å²) in [6, 6.07) is 9.71. The zero-order valence-electron chi connectivity index (χ0n) is 14.7. The Hall–Kier alpha value is -1.96. The van der Waals surface area contributed by atoms with Gasteiger partial charge < -0.3 is 9.47 Å². The molecule has 26 heavy (non-hydrogen) atoms. The monoisotopic (exact) mass is 388 g/mol. The van der Waals surface area contributed by atoms with E-state index in [4.69, 9.17) is 9.47 Å². The van der Waals surface area contributed by atoms with Crippen LogP contribution in [0.3, 0.4) is 0 Å². The molecule has 1 aromatic carbocycles. The summed E-state index contributed by atoms with van der Waals surface area (Å²) in [5.41, 5.74) is 0.592. The summed E-state index contributed by atoms with van der Waals surface area (Å²) in [5, 5.41) is 1.90. The molecule has 1 saturated heterocycles. The van der Waals surface area contributed by atoms with Gasteiger partial charge in [-0.3, -0.25) is 4.79 Å². The van der Waals surface area contributed by atoms with Crippen molar-refractivity contribution in [2.24, 2.45) is 0 Å². The summed E-state index contributed by atoms with van der Waals surface area (Å²) in [5.74, 6) is 2.36. The minimum absolute atomic E-state index is 0. The van der Waals surface area contributed by atoms with E-state index in [1.54, 1.807) is 25.8 Å². The Kier molecular flexibility index (Phi) is 4.46. The lowest BCUT2D eigenvalue weighted by Gasteiger charge is -2.11. The standard InChI is InChI=1S/C19H18N2O3S2.H2/c1-11(22)16-6-7-17(26-16)19(9-24-19)10-25-18-14-8-13(23-3)4-5-15(14)20-12(2)21-18;/h4-8H,9-10H2,1-3H3;1H. The zero-order chi connectivity index (χ0) is 18.3. The molecule has 1 aliphatic heterocycles. The number of fused-ring (bicyclic) bond motifs is 1. The van der Waals surface area contributed by atoms with Crippen LogP contribution in [0, 0.1) is 6.92 Å². The molecule has 5 nitrogen and oxygen atoms in total. The molecule has 0 N–H and O–H groups in total. The first-order valence-electron chi connectivity index (χ1n) is 8.21. The zero-order valence-corrected chi connectivity index (χ0v) is 16.4. The van der Waals surface area contributed by atoms with Gasteiger partial charge in [0, 0.05) is 17.4 Å². The van der Waals surface area contributed by atoms with Gasteiger partial charge in [-0.25, -0.2) is 9.97 Å². The minimum Gasteiger partial charge on any atom is -0.497 e. The SMILES string of the molecule is COc1ccc2nc(C)nc(SCC3(c4ccc(C(C)=O)s4)CO3)c2c1.[HH]. The Labute approximate surface area is 161 Å². The summed E-state index contributed by atoms with van der Waals surface area (Å²) in [6.07, 6.45) is 0. The number of epoxide rings is 1. The summed E-state index contributed by atoms with van der Waals surface area (Å²) >= 11 is 3.17. The van der Waals surface area contributed by atoms with E-state index >= 15 is 0 Å². The number of thiophene rings is 1. The van der Waals surface area contributed by atoms with Crippen LogP contribution in [0.5, 0.6) is 5.75 Å². The predicted octanol–water partition coefficient (Wildman–Crippen LogP) is 4.47. The number of carbonyl (C=O) groups is 1. The van der Waals surface area contributed by atoms with Gasteiger partial charge in [0.2, 0.25) is 0 Å². The van der Waals surface area contributed by atoms with E-state index in [1.165, 1.54) is 11.3 Å². The number of ether oxygens (including phenoxy) is 2. The number of Topliss-reactive ketones (excluding diaryl/α,β-unsaturated/α-hetero) is 1. The van der Waals surface area contributed by atoms with Gasteiger partial charge in [-0.05, 0) is 44.2 Å². The molecule has 136 valence electrons. The number of methoxy groups -OCH3 is 1. The Bertz CT molecular complexity index is 1000. The molecule has 0 radical (unpaired) electrons. The molecular formula is C19H20N2O3S2. The Morgan fingerprint density at radius 3 is 2.85 bits per heavy atom. The number of aromatic nitrogens is 2. The highest BCUT2D eigenvalue weighted by Crippen LogP contribution is 2.46. The van der Waals surface area contributed by atoms with Crippen molar-refractivity contribution < 1.29 is 15.7 Å². The summed E-state index contributed by atoms with van der Waals surface area (Å²) in [4.78, 5) is 22.6. The average Bonchev–Trinajstić information content (AvgIpc) is 3.24. The van der Waals surface area contributed by atoms with Crippen molar-refractivity contribution in [3.05, 3.63) is 45.9 Å². The molecule has 1 aliphatic rings. The molecule has 1 fully saturated rings. The number of hydrogen-bond donors (Lipinski definition) is 0. The first-order valence-corrected chi connectivity index (χ1v) is 10.0. The van der Waals surface area contributed by atoms with Crippen molar-refractivity contribution in [3.63, 3.8) is 0 Å². The van der Waals surface area contributed by atoms with Crippen LogP contribution in [0.4, 0.5) is 0 Å². The van der Waals surface area contributed by atoms with Crippen LogP contribution in [0.2, 0.25) is 0 Å². The number of carbonyl (C=O) groups excluding carboxylic acids is 1. The highest BCUT2D eigenvalue weighted by molar-refractivity contribution is 7.99. The maximum absolute atomic E-state index is 11.6. The van der Waals surface area contributed by atoms with E-state index < -0.39 is 0 Å². The van der Waals surface area contributed by atoms with Crippen molar-refractivity contribution in [2.75, 3.05) is 19.5 Å². The fraction of sp³-hybridized carbons (Fsp3) is 0.316. The van der Waals surface area contributed by atoms with Gasteiger partial charge in [0.05, 0.1) is 24.1 Å². The van der Waals surface area contributed by atoms with Crippen LogP contribution in [0.25, 0.3) is 10.9 Å². The molecule has 3 heterocycles. The maximum Gasteiger partial charge on any atom is 0.169 e. The highest BCUT2D eigenvalue weighted by Gasteiger charge is 2.48. The van der Waals surface area contributed by atoms with Crippen LogP contribution in [0.1, 0.15) is 28.7 Å². The number of hydrogen-bond acceptors (Lipinski definition) is 7. The Morgan fingerprint density at radius 2 is 2.19 bits per heavy atom. The maximum atomic E-state index is 11.6. The molecule has 7 heteroatoms. The molecule has 0 bridgehead atoms. The lowest BCUT2D eigenvalue weighted by Crippen LogP contribution is -2.10. The van der Waals surface area contributed by atoms with Gasteiger partial charge >= 0.3 is 0 Å². The fourth-order valence-corrected chi connectivity index (χ4v) is 5.10. The van der Waals surface area contributed by atoms with E-state index in [9.17, 15) is 4.79 Å². The van der Waals surface area contributed by atoms with Crippen molar-refractivity contribution >= 4 is 39.8 Å². The number of ketones is 1. The van der Waals surface area contributed by atoms with Gasteiger partial charge in [0.25, 0.3) is 0 Å². The second-order valence-corrected chi connectivity index (χ2v) is 8.30. The van der Waals surface area contributed by atoms with Gasteiger partial charge in [-0.15, -0.1) is 23.1 Å². The number of thioether (sulfide) groups is 1. The molecule has 3 aromatic rings. The quantitative estimate of drug-likeness (QED) is 0.269. The van der Waals surface area contributed by atoms with Crippen LogP contribution in [0.15, 0.2) is 35.4 Å². The van der Waals surface area contributed by atoms with Gasteiger partial charge in [0.1, 0.15) is 22.2 Å². The molecule has 1 atom stereocenters. The van der Waals surface area contributed by atoms with E-state index in [0.717, 1.165) is 43.0 Å². The van der Waals surface area contributed by atoms with E-state index in [1.807, 2.05) is 37.3 Å². The van der Waals surface area contributed by atoms with Crippen LogP contribution >= 0.6 is 23.1 Å². The second-order valence-electron chi connectivity index (χ2n) is 6.25. The third kappa shape index (κ3) is 3.22. The number of nitrogens with zero attached hydrogens (tertiary/aromatic N) is 2. The van der Waals surface area contributed by atoms with Gasteiger partial charge in [-0.1, -0.05) is 0 Å². The first-order chi connectivity index (χ1) is 12.5. The van der Waals surface area contributed by atoms with Gasteiger partial charge in [0.15, 0.2) is 5.78 Å². The predicted molar refractivity (Wildman–Crippen MR) is 106 cm³/mol. The molecule has 0 amide bonds. The highest BCUT2D eigenvalue weighted by atomic mass is 32.2. The van der Waals surface area contributed by atoms with Crippen molar-refractivity contribution in [2.45, 2.75) is 24.5 Å². The smallest absolute Gasteiger partial charge is 0.169 e. The third-order valence-electron chi connectivity index (χ3n) is 4.32. The third-order valence-corrected chi connectivity index (χ3v) is 6.88. The molecule has 1 unspecified atom stereocenters. The van der Waals surface area contributed by atoms with Crippen molar-refractivity contribution in [1.29, 1.82) is 0 Å². The van der Waals surface area contributed by atoms with Gasteiger partial charge in [-0.2, -0.15) is 0 Å². The van der Waals surface area contributed by atoms with E-state index in [2.05, 4.69) is 9.97 Å². The number of benzene rings is 1. The second kappa shape index (κ2) is 6.64. The largest absolute Gasteiger partial charge is 0.497 e. The van der Waals surface area contributed by atoms with Crippen molar-refractivity contribution in [1.82, 2.24) is 9.97 Å². The lowest BCUT2D eigenvalue weighted by molar-refractivity contribution is 0.102. The topological polar surface area (TPSA) is 64.6 Å². The normalized spacial score (nSPS) is 18.9. The Balaban J connectivity index is 0.00000210. The molecular weight excluding hydrogens is 368 g/mol. The summed E-state index contributed by atoms with van der Waals surface area (Å²) in [6.45, 7) is 4.16.